The zero-order chi connectivity index (χ0) is 25.2. The second-order valence-electron chi connectivity index (χ2n) is 7.61. The van der Waals surface area contributed by atoms with Crippen LogP contribution < -0.4 is 5.32 Å². The average molecular weight is 553 g/mol. The van der Waals surface area contributed by atoms with E-state index in [1.54, 1.807) is 24.3 Å². The standard InChI is InChI=1S/C22H21Cl4NO7/c1-9-18(20(30)19(29)11(7-28)34-9)27-21(31)12-14(23)16(25)13(17(26)15(12)24)22(32)33-8-10-5-3-2-4-6-10/h2-6,9,11,18-20,28-30H,7-8H2,1H3,(H,27,31)/t9-,11?,18?,19+,20?/m1/s1. The molecule has 12 heteroatoms. The Morgan fingerprint density at radius 2 is 1.53 bits per heavy atom. The fourth-order valence-electron chi connectivity index (χ4n) is 3.53. The van der Waals surface area contributed by atoms with Crippen molar-refractivity contribution < 1.29 is 34.4 Å². The predicted octanol–water partition coefficient (Wildman–Crippen LogP) is 3.26. The average Bonchev–Trinajstić information content (AvgIpc) is 2.82. The smallest absolute Gasteiger partial charge is 0.341 e. The topological polar surface area (TPSA) is 125 Å². The van der Waals surface area contributed by atoms with Gasteiger partial charge in [-0.1, -0.05) is 76.7 Å². The van der Waals surface area contributed by atoms with Crippen LogP contribution in [0.5, 0.6) is 0 Å². The Morgan fingerprint density at radius 1 is 0.971 bits per heavy atom. The highest BCUT2D eigenvalue weighted by molar-refractivity contribution is 6.52. The van der Waals surface area contributed by atoms with Crippen LogP contribution in [0, 0.1) is 0 Å². The molecule has 0 bridgehead atoms. The van der Waals surface area contributed by atoms with Crippen LogP contribution >= 0.6 is 46.4 Å². The van der Waals surface area contributed by atoms with Crippen LogP contribution in [0.2, 0.25) is 20.1 Å². The van der Waals surface area contributed by atoms with Crippen LogP contribution in [0.15, 0.2) is 30.3 Å². The molecule has 2 aromatic carbocycles. The lowest BCUT2D eigenvalue weighted by Crippen LogP contribution is -2.63. The van der Waals surface area contributed by atoms with Crippen LogP contribution in [0.4, 0.5) is 0 Å². The number of aliphatic hydroxyl groups is 3. The van der Waals surface area contributed by atoms with Gasteiger partial charge >= 0.3 is 5.97 Å². The van der Waals surface area contributed by atoms with Gasteiger partial charge < -0.3 is 30.1 Å². The Balaban J connectivity index is 1.84. The Bertz CT molecular complexity index is 1040. The molecule has 3 rings (SSSR count). The van der Waals surface area contributed by atoms with Gasteiger partial charge in [0.05, 0.1) is 50.0 Å². The molecule has 5 atom stereocenters. The summed E-state index contributed by atoms with van der Waals surface area (Å²) in [7, 11) is 0. The second-order valence-corrected chi connectivity index (χ2v) is 9.12. The highest BCUT2D eigenvalue weighted by atomic mass is 35.5. The molecule has 1 aliphatic rings. The molecule has 0 aliphatic carbocycles. The van der Waals surface area contributed by atoms with E-state index >= 15 is 0 Å². The van der Waals surface area contributed by atoms with Crippen molar-refractivity contribution in [1.82, 2.24) is 5.32 Å². The molecule has 8 nitrogen and oxygen atoms in total. The zero-order valence-electron chi connectivity index (χ0n) is 17.7. The molecule has 0 aromatic heterocycles. The highest BCUT2D eigenvalue weighted by Gasteiger charge is 2.43. The van der Waals surface area contributed by atoms with E-state index in [1.165, 1.54) is 6.92 Å². The number of amides is 1. The number of benzene rings is 2. The third-order valence-electron chi connectivity index (χ3n) is 5.38. The van der Waals surface area contributed by atoms with E-state index in [0.717, 1.165) is 5.56 Å². The van der Waals surface area contributed by atoms with Gasteiger partial charge in [-0.15, -0.1) is 0 Å². The molecule has 184 valence electrons. The molecular formula is C22H21Cl4NO7. The first-order valence-electron chi connectivity index (χ1n) is 10.1. The molecule has 4 N–H and O–H groups in total. The maximum Gasteiger partial charge on any atom is 0.341 e. The van der Waals surface area contributed by atoms with Gasteiger partial charge in [-0.3, -0.25) is 4.79 Å². The Kier molecular flexibility index (Phi) is 9.05. The van der Waals surface area contributed by atoms with Crippen molar-refractivity contribution in [2.45, 2.75) is 44.0 Å². The quantitative estimate of drug-likeness (QED) is 0.320. The van der Waals surface area contributed by atoms with E-state index in [0.29, 0.717) is 0 Å². The summed E-state index contributed by atoms with van der Waals surface area (Å²) >= 11 is 25.1. The summed E-state index contributed by atoms with van der Waals surface area (Å²) in [5.41, 5.74) is 0.0850. The van der Waals surface area contributed by atoms with Crippen molar-refractivity contribution in [3.8, 4) is 0 Å². The highest BCUT2D eigenvalue weighted by Crippen LogP contribution is 2.41. The third-order valence-corrected chi connectivity index (χ3v) is 7.08. The predicted molar refractivity (Wildman–Crippen MR) is 127 cm³/mol. The van der Waals surface area contributed by atoms with Crippen molar-refractivity contribution in [3.63, 3.8) is 0 Å². The fraction of sp³-hybridized carbons (Fsp3) is 0.364. The SMILES string of the molecule is C[C@H]1OC(CO)[C@H](O)C(O)C1NC(=O)c1c(Cl)c(Cl)c(C(=O)OCc2ccccc2)c(Cl)c1Cl. The normalized spacial score (nSPS) is 24.5. The van der Waals surface area contributed by atoms with Crippen LogP contribution in [0.3, 0.4) is 0 Å². The summed E-state index contributed by atoms with van der Waals surface area (Å²) in [6, 6.07) is 7.81. The van der Waals surface area contributed by atoms with Gasteiger partial charge in [0.1, 0.15) is 24.9 Å². The monoisotopic (exact) mass is 551 g/mol. The van der Waals surface area contributed by atoms with Gasteiger partial charge in [0.25, 0.3) is 5.91 Å². The summed E-state index contributed by atoms with van der Waals surface area (Å²) in [4.78, 5) is 25.6. The number of hydrogen-bond donors (Lipinski definition) is 4. The lowest BCUT2D eigenvalue weighted by Gasteiger charge is -2.41. The number of hydrogen-bond acceptors (Lipinski definition) is 7. The summed E-state index contributed by atoms with van der Waals surface area (Å²) in [5, 5.41) is 30.9. The van der Waals surface area contributed by atoms with E-state index in [-0.39, 0.29) is 37.8 Å². The van der Waals surface area contributed by atoms with E-state index in [1.807, 2.05) is 6.07 Å². The lowest BCUT2D eigenvalue weighted by molar-refractivity contribution is -0.187. The van der Waals surface area contributed by atoms with Crippen molar-refractivity contribution in [2.24, 2.45) is 0 Å². The van der Waals surface area contributed by atoms with E-state index in [9.17, 15) is 24.9 Å². The number of nitrogens with one attached hydrogen (secondary N) is 1. The molecule has 1 heterocycles. The molecular weight excluding hydrogens is 532 g/mol. The number of ether oxygens (including phenoxy) is 2. The molecule has 34 heavy (non-hydrogen) atoms. The largest absolute Gasteiger partial charge is 0.457 e. The maximum atomic E-state index is 13.0. The molecule has 1 aliphatic heterocycles. The number of rotatable bonds is 6. The molecule has 0 spiro atoms. The van der Waals surface area contributed by atoms with Gasteiger partial charge in [0.2, 0.25) is 0 Å². The summed E-state index contributed by atoms with van der Waals surface area (Å²) in [5.74, 6) is -1.77. The van der Waals surface area contributed by atoms with Gasteiger partial charge in [-0.25, -0.2) is 4.79 Å². The van der Waals surface area contributed by atoms with E-state index in [4.69, 9.17) is 55.9 Å². The molecule has 3 unspecified atom stereocenters. The first-order valence-corrected chi connectivity index (χ1v) is 11.6. The van der Waals surface area contributed by atoms with Crippen molar-refractivity contribution in [3.05, 3.63) is 67.1 Å². The number of aliphatic hydroxyl groups excluding tert-OH is 3. The van der Waals surface area contributed by atoms with Gasteiger partial charge in [0, 0.05) is 0 Å². The second kappa shape index (κ2) is 11.4. The van der Waals surface area contributed by atoms with Crippen molar-refractivity contribution >= 4 is 58.3 Å². The third kappa shape index (κ3) is 5.45. The van der Waals surface area contributed by atoms with Crippen LogP contribution in [0.25, 0.3) is 0 Å². The van der Waals surface area contributed by atoms with E-state index < -0.39 is 48.9 Å². The van der Waals surface area contributed by atoms with Crippen molar-refractivity contribution in [1.29, 1.82) is 0 Å². The maximum absolute atomic E-state index is 13.0. The molecule has 0 saturated carbocycles. The first kappa shape index (κ1) is 27.0. The molecule has 1 fully saturated rings. The van der Waals surface area contributed by atoms with Gasteiger partial charge in [-0.2, -0.15) is 0 Å². The minimum Gasteiger partial charge on any atom is -0.457 e. The molecule has 1 saturated heterocycles. The first-order chi connectivity index (χ1) is 16.1. The van der Waals surface area contributed by atoms with Gasteiger partial charge in [-0.05, 0) is 12.5 Å². The minimum absolute atomic E-state index is 0.0571. The zero-order valence-corrected chi connectivity index (χ0v) is 20.7. The number of carbonyl (C=O) groups is 2. The summed E-state index contributed by atoms with van der Waals surface area (Å²) < 4.78 is 10.7. The van der Waals surface area contributed by atoms with Crippen LogP contribution in [0.1, 0.15) is 33.2 Å². The summed E-state index contributed by atoms with van der Waals surface area (Å²) in [6.07, 6.45) is -4.71. The number of carbonyl (C=O) groups excluding carboxylic acids is 2. The minimum atomic E-state index is -1.46. The van der Waals surface area contributed by atoms with E-state index in [2.05, 4.69) is 5.32 Å². The molecule has 0 radical (unpaired) electrons. The molecule has 1 amide bonds. The Labute approximate surface area is 215 Å². The van der Waals surface area contributed by atoms with Gasteiger partial charge in [0.15, 0.2) is 0 Å². The molecule has 2 aromatic rings. The van der Waals surface area contributed by atoms with Crippen LogP contribution in [-0.2, 0) is 16.1 Å². The number of halogens is 4. The van der Waals surface area contributed by atoms with Crippen molar-refractivity contribution in [2.75, 3.05) is 6.61 Å². The Hall–Kier alpha value is -1.62. The van der Waals surface area contributed by atoms with Crippen LogP contribution in [-0.4, -0.2) is 64.3 Å². The lowest BCUT2D eigenvalue weighted by atomic mass is 9.93. The Morgan fingerprint density at radius 3 is 2.09 bits per heavy atom. The number of esters is 1. The fourth-order valence-corrected chi connectivity index (χ4v) is 4.71. The summed E-state index contributed by atoms with van der Waals surface area (Å²) in [6.45, 7) is 0.962.